The molecule has 2 aromatic heterocycles. The number of carbonyl (C=O) groups is 1. The summed E-state index contributed by atoms with van der Waals surface area (Å²) in [5.74, 6) is 2.17. The topological polar surface area (TPSA) is 122 Å². The first-order valence-corrected chi connectivity index (χ1v) is 10.9. The van der Waals surface area contributed by atoms with Gasteiger partial charge in [-0.05, 0) is 29.8 Å². The van der Waals surface area contributed by atoms with Crippen molar-refractivity contribution >= 4 is 23.1 Å². The fourth-order valence-electron chi connectivity index (χ4n) is 3.52. The van der Waals surface area contributed by atoms with Crippen molar-refractivity contribution < 1.29 is 23.7 Å². The van der Waals surface area contributed by atoms with Crippen LogP contribution in [0.15, 0.2) is 60.9 Å². The number of pyridine rings is 1. The summed E-state index contributed by atoms with van der Waals surface area (Å²) < 4.78 is 23.0. The Morgan fingerprint density at radius 2 is 1.72 bits per heavy atom. The fraction of sp³-hybridized carbons (Fsp3) is 0.200. The summed E-state index contributed by atoms with van der Waals surface area (Å²) in [5, 5.41) is 14.1. The molecule has 2 N–H and O–H groups in total. The zero-order valence-corrected chi connectivity index (χ0v) is 20.3. The standard InChI is InChI=1S/C25H26N6O5/c1-33-18-8-5-7-16(11-18)14-31-15-20(29-30-31)25(32)28-19-9-6-10-26-24(19)27-17-12-21(34-2)23(36-4)22(13-17)35-3/h5-13,15H,14H2,1-4H3,(H,26,27)(H,28,32). The second-order valence-electron chi connectivity index (χ2n) is 7.55. The lowest BCUT2D eigenvalue weighted by Crippen LogP contribution is -2.14. The van der Waals surface area contributed by atoms with Gasteiger partial charge in [-0.3, -0.25) is 4.79 Å². The highest BCUT2D eigenvalue weighted by molar-refractivity contribution is 6.04. The van der Waals surface area contributed by atoms with Crippen LogP contribution in [-0.2, 0) is 6.54 Å². The van der Waals surface area contributed by atoms with Crippen molar-refractivity contribution in [2.75, 3.05) is 39.1 Å². The zero-order chi connectivity index (χ0) is 25.5. The average molecular weight is 491 g/mol. The van der Waals surface area contributed by atoms with Crippen LogP contribution in [0.4, 0.5) is 17.2 Å². The molecule has 36 heavy (non-hydrogen) atoms. The summed E-state index contributed by atoms with van der Waals surface area (Å²) in [6.07, 6.45) is 3.19. The van der Waals surface area contributed by atoms with Gasteiger partial charge in [0.2, 0.25) is 5.75 Å². The number of nitrogens with one attached hydrogen (secondary N) is 2. The summed E-state index contributed by atoms with van der Waals surface area (Å²) in [5.41, 5.74) is 2.22. The molecule has 0 aliphatic heterocycles. The second kappa shape index (κ2) is 11.1. The molecular formula is C25H26N6O5. The van der Waals surface area contributed by atoms with Crippen molar-refractivity contribution in [1.29, 1.82) is 0 Å². The molecule has 0 fully saturated rings. The Hall–Kier alpha value is -4.80. The van der Waals surface area contributed by atoms with Crippen LogP contribution >= 0.6 is 0 Å². The minimum Gasteiger partial charge on any atom is -0.497 e. The molecule has 1 amide bonds. The van der Waals surface area contributed by atoms with Crippen LogP contribution in [0.2, 0.25) is 0 Å². The Morgan fingerprint density at radius 3 is 2.42 bits per heavy atom. The first-order valence-electron chi connectivity index (χ1n) is 10.9. The number of rotatable bonds is 10. The van der Waals surface area contributed by atoms with E-state index in [-0.39, 0.29) is 5.69 Å². The minimum absolute atomic E-state index is 0.167. The number of methoxy groups -OCH3 is 4. The monoisotopic (exact) mass is 490 g/mol. The quantitative estimate of drug-likeness (QED) is 0.342. The largest absolute Gasteiger partial charge is 0.497 e. The normalized spacial score (nSPS) is 10.4. The van der Waals surface area contributed by atoms with Crippen molar-refractivity contribution in [3.05, 3.63) is 72.2 Å². The lowest BCUT2D eigenvalue weighted by Gasteiger charge is -2.16. The molecule has 0 saturated heterocycles. The van der Waals surface area contributed by atoms with Gasteiger partial charge in [0.05, 0.1) is 46.9 Å². The Kier molecular flexibility index (Phi) is 7.49. The predicted octanol–water partition coefficient (Wildman–Crippen LogP) is 3.75. The van der Waals surface area contributed by atoms with E-state index >= 15 is 0 Å². The maximum Gasteiger partial charge on any atom is 0.277 e. The maximum atomic E-state index is 12.9. The van der Waals surface area contributed by atoms with E-state index in [1.54, 1.807) is 48.5 Å². The number of hydrogen-bond donors (Lipinski definition) is 2. The van der Waals surface area contributed by atoms with E-state index in [1.807, 2.05) is 24.3 Å². The van der Waals surface area contributed by atoms with Gasteiger partial charge in [0.15, 0.2) is 23.0 Å². The van der Waals surface area contributed by atoms with Gasteiger partial charge in [-0.15, -0.1) is 5.10 Å². The molecule has 0 radical (unpaired) electrons. The second-order valence-corrected chi connectivity index (χ2v) is 7.55. The summed E-state index contributed by atoms with van der Waals surface area (Å²) in [6.45, 7) is 0.443. The highest BCUT2D eigenvalue weighted by Crippen LogP contribution is 2.41. The lowest BCUT2D eigenvalue weighted by atomic mass is 10.2. The fourth-order valence-corrected chi connectivity index (χ4v) is 3.52. The van der Waals surface area contributed by atoms with Gasteiger partial charge >= 0.3 is 0 Å². The lowest BCUT2D eigenvalue weighted by molar-refractivity contribution is 0.102. The molecule has 0 atom stereocenters. The van der Waals surface area contributed by atoms with Crippen LogP contribution in [-0.4, -0.2) is 54.3 Å². The van der Waals surface area contributed by atoms with Crippen LogP contribution in [0.5, 0.6) is 23.0 Å². The van der Waals surface area contributed by atoms with Gasteiger partial charge in [0.25, 0.3) is 5.91 Å². The van der Waals surface area contributed by atoms with Crippen molar-refractivity contribution in [2.24, 2.45) is 0 Å². The molecule has 0 unspecified atom stereocenters. The first kappa shape index (κ1) is 24.3. The Morgan fingerprint density at radius 1 is 0.944 bits per heavy atom. The van der Waals surface area contributed by atoms with Gasteiger partial charge in [-0.2, -0.15) is 0 Å². The van der Waals surface area contributed by atoms with Gasteiger partial charge < -0.3 is 29.6 Å². The van der Waals surface area contributed by atoms with Crippen LogP contribution in [0.3, 0.4) is 0 Å². The number of ether oxygens (including phenoxy) is 4. The number of amides is 1. The van der Waals surface area contributed by atoms with Gasteiger partial charge in [0.1, 0.15) is 5.75 Å². The molecule has 11 heteroatoms. The van der Waals surface area contributed by atoms with E-state index in [0.29, 0.717) is 41.0 Å². The molecule has 2 heterocycles. The molecule has 0 saturated carbocycles. The van der Waals surface area contributed by atoms with Crippen molar-refractivity contribution in [2.45, 2.75) is 6.54 Å². The molecule has 11 nitrogen and oxygen atoms in total. The highest BCUT2D eigenvalue weighted by Gasteiger charge is 2.17. The third-order valence-electron chi connectivity index (χ3n) is 5.23. The number of nitrogens with zero attached hydrogens (tertiary/aromatic N) is 4. The Bertz CT molecular complexity index is 1330. The molecule has 4 aromatic rings. The molecular weight excluding hydrogens is 464 g/mol. The van der Waals surface area contributed by atoms with Crippen LogP contribution in [0.25, 0.3) is 0 Å². The summed E-state index contributed by atoms with van der Waals surface area (Å²) in [7, 11) is 6.22. The molecule has 0 spiro atoms. The van der Waals surface area contributed by atoms with E-state index in [1.165, 1.54) is 21.3 Å². The van der Waals surface area contributed by atoms with E-state index in [0.717, 1.165) is 11.3 Å². The average Bonchev–Trinajstić information content (AvgIpc) is 3.37. The summed E-state index contributed by atoms with van der Waals surface area (Å²) in [4.78, 5) is 17.3. The molecule has 0 bridgehead atoms. The molecule has 4 rings (SSSR count). The molecule has 0 aliphatic rings. The van der Waals surface area contributed by atoms with E-state index in [9.17, 15) is 4.79 Å². The Balaban J connectivity index is 1.50. The van der Waals surface area contributed by atoms with Gasteiger partial charge in [-0.1, -0.05) is 17.3 Å². The van der Waals surface area contributed by atoms with E-state index < -0.39 is 5.91 Å². The maximum absolute atomic E-state index is 12.9. The number of anilines is 3. The molecule has 2 aromatic carbocycles. The molecule has 0 aliphatic carbocycles. The Labute approximate surface area is 208 Å². The van der Waals surface area contributed by atoms with Crippen LogP contribution in [0.1, 0.15) is 16.1 Å². The predicted molar refractivity (Wildman–Crippen MR) is 134 cm³/mol. The minimum atomic E-state index is -0.423. The SMILES string of the molecule is COc1cccc(Cn2cc(C(=O)Nc3cccnc3Nc3cc(OC)c(OC)c(OC)c3)nn2)c1. The van der Waals surface area contributed by atoms with Crippen molar-refractivity contribution in [1.82, 2.24) is 20.0 Å². The first-order chi connectivity index (χ1) is 17.5. The van der Waals surface area contributed by atoms with Gasteiger partial charge in [0, 0.05) is 24.0 Å². The zero-order valence-electron chi connectivity index (χ0n) is 20.3. The number of benzene rings is 2. The number of hydrogen-bond acceptors (Lipinski definition) is 9. The summed E-state index contributed by atoms with van der Waals surface area (Å²) in [6, 6.07) is 14.5. The highest BCUT2D eigenvalue weighted by atomic mass is 16.5. The van der Waals surface area contributed by atoms with E-state index in [2.05, 4.69) is 25.9 Å². The van der Waals surface area contributed by atoms with Crippen LogP contribution < -0.4 is 29.6 Å². The van der Waals surface area contributed by atoms with Crippen LogP contribution in [0, 0.1) is 0 Å². The number of aromatic nitrogens is 4. The van der Waals surface area contributed by atoms with Gasteiger partial charge in [-0.25, -0.2) is 9.67 Å². The van der Waals surface area contributed by atoms with Crippen molar-refractivity contribution in [3.8, 4) is 23.0 Å². The summed E-state index contributed by atoms with van der Waals surface area (Å²) >= 11 is 0. The third kappa shape index (κ3) is 5.46. The van der Waals surface area contributed by atoms with E-state index in [4.69, 9.17) is 18.9 Å². The van der Waals surface area contributed by atoms with Crippen molar-refractivity contribution in [3.63, 3.8) is 0 Å². The molecule has 186 valence electrons. The smallest absolute Gasteiger partial charge is 0.277 e. The number of carbonyl (C=O) groups excluding carboxylic acids is 1. The third-order valence-corrected chi connectivity index (χ3v) is 5.23.